The third-order valence-electron chi connectivity index (χ3n) is 6.27. The molecule has 2 N–H and O–H groups in total. The van der Waals surface area contributed by atoms with Crippen LogP contribution in [0.3, 0.4) is 0 Å². The Hall–Kier alpha value is -0.520. The third-order valence-corrected chi connectivity index (χ3v) is 13.0. The molecule has 0 aromatic heterocycles. The summed E-state index contributed by atoms with van der Waals surface area (Å²) >= 11 is 14.3. The van der Waals surface area contributed by atoms with Crippen LogP contribution < -0.4 is 9.21 Å². The molecule has 1 aromatic rings. The number of hydrogen-bond acceptors (Lipinski definition) is 8. The number of carbonyl (C=O) groups is 1. The Morgan fingerprint density at radius 2 is 2.08 bits per heavy atom. The van der Waals surface area contributed by atoms with Gasteiger partial charge >= 0.3 is 10.1 Å². The number of halogens is 2. The van der Waals surface area contributed by atoms with Crippen LogP contribution in [-0.4, -0.2) is 72.3 Å². The Morgan fingerprint density at radius 3 is 2.78 bits per heavy atom. The minimum Gasteiger partial charge on any atom is -0.281 e. The number of benzene rings is 1. The van der Waals surface area contributed by atoms with Crippen molar-refractivity contribution in [2.75, 3.05) is 19.3 Å². The van der Waals surface area contributed by atoms with Crippen molar-refractivity contribution in [3.63, 3.8) is 0 Å². The molecule has 5 rings (SSSR count). The first-order valence-electron chi connectivity index (χ1n) is 10.7. The van der Waals surface area contributed by atoms with Gasteiger partial charge in [-0.05, 0) is 69.4 Å². The van der Waals surface area contributed by atoms with E-state index in [2.05, 4.69) is 15.9 Å². The van der Waals surface area contributed by atoms with E-state index in [9.17, 15) is 26.2 Å². The van der Waals surface area contributed by atoms with Gasteiger partial charge in [0.15, 0.2) is 10.7 Å². The molecule has 9 nitrogen and oxygen atoms in total. The van der Waals surface area contributed by atoms with Gasteiger partial charge in [0.2, 0.25) is 32.4 Å². The number of sulfonamides is 1. The van der Waals surface area contributed by atoms with Crippen LogP contribution >= 0.6 is 62.8 Å². The number of rotatable bonds is 5. The van der Waals surface area contributed by atoms with E-state index in [0.29, 0.717) is 29.4 Å². The molecular weight excluding hydrogens is 654 g/mol. The normalized spacial score (nSPS) is 30.7. The van der Waals surface area contributed by atoms with Gasteiger partial charge in [0, 0.05) is 23.9 Å². The number of thioether (sulfide) groups is 3. The van der Waals surface area contributed by atoms with Crippen molar-refractivity contribution in [3.8, 4) is 0 Å². The Kier molecular flexibility index (Phi) is 7.21. The summed E-state index contributed by atoms with van der Waals surface area (Å²) in [7, 11) is -8.12. The average molecular weight is 675 g/mol. The van der Waals surface area contributed by atoms with E-state index in [1.165, 1.54) is 35.3 Å². The monoisotopic (exact) mass is 673 g/mol. The van der Waals surface area contributed by atoms with Crippen molar-refractivity contribution < 1.29 is 30.8 Å². The molecule has 4 atom stereocenters. The molecule has 4 aliphatic heterocycles. The zero-order chi connectivity index (χ0) is 26.0. The van der Waals surface area contributed by atoms with Gasteiger partial charge in [-0.25, -0.2) is 22.2 Å². The topological polar surface area (TPSA) is 121 Å². The number of carbonyl (C=O) groups excluding carboxylic acids is 1. The van der Waals surface area contributed by atoms with Gasteiger partial charge in [0.05, 0.1) is 27.6 Å². The van der Waals surface area contributed by atoms with Gasteiger partial charge in [0.1, 0.15) is 5.25 Å². The lowest BCUT2D eigenvalue weighted by molar-refractivity contribution is -0.521. The number of amides is 1. The van der Waals surface area contributed by atoms with Crippen LogP contribution in [0.25, 0.3) is 0 Å². The Bertz CT molecular complexity index is 1480. The lowest BCUT2D eigenvalue weighted by Gasteiger charge is -2.34. The minimum absolute atomic E-state index is 0.00915. The predicted molar refractivity (Wildman–Crippen MR) is 150 cm³/mol. The zero-order valence-corrected chi connectivity index (χ0v) is 25.1. The zero-order valence-electron chi connectivity index (χ0n) is 18.6. The van der Waals surface area contributed by atoms with Crippen LogP contribution in [0.4, 0.5) is 5.69 Å². The van der Waals surface area contributed by atoms with Crippen molar-refractivity contribution in [2.24, 2.45) is 0 Å². The summed E-state index contributed by atoms with van der Waals surface area (Å²) in [4.78, 5) is 13.4. The Morgan fingerprint density at radius 1 is 1.33 bits per heavy atom. The highest BCUT2D eigenvalue weighted by molar-refractivity contribution is 9.14. The molecule has 0 aliphatic carbocycles. The van der Waals surface area contributed by atoms with Crippen LogP contribution in [0.5, 0.6) is 0 Å². The molecule has 1 saturated heterocycles. The van der Waals surface area contributed by atoms with E-state index in [4.69, 9.17) is 11.6 Å². The van der Waals surface area contributed by atoms with Gasteiger partial charge < -0.3 is 0 Å². The van der Waals surface area contributed by atoms with Gasteiger partial charge in [-0.15, -0.1) is 0 Å². The minimum atomic E-state index is -4.40. The molecule has 4 aliphatic rings. The predicted octanol–water partition coefficient (Wildman–Crippen LogP) is 3.51. The van der Waals surface area contributed by atoms with Crippen LogP contribution in [0.1, 0.15) is 12.8 Å². The maximum atomic E-state index is 12.6. The SMILES string of the molecule is CS(=O)(=O)NC(=O)C[N+]1=C(C=C2Sc3ccc(Cl)cc3[N+]23CCCC3S(=O)(=O)O)SC2C=C(Br)SC21. The highest BCUT2D eigenvalue weighted by atomic mass is 79.9. The first-order valence-corrected chi connectivity index (χ1v) is 17.8. The van der Waals surface area contributed by atoms with Crippen molar-refractivity contribution in [2.45, 2.75) is 33.7 Å². The van der Waals surface area contributed by atoms with E-state index < -0.39 is 31.4 Å². The van der Waals surface area contributed by atoms with Gasteiger partial charge in [-0.3, -0.25) is 9.35 Å². The van der Waals surface area contributed by atoms with Gasteiger partial charge in [0.25, 0.3) is 5.91 Å². The molecule has 1 fully saturated rings. The fraction of sp³-hybridized carbons (Fsp3) is 0.400. The van der Waals surface area contributed by atoms with Crippen LogP contribution in [0.15, 0.2) is 44.1 Å². The molecular formula is C20H21BrClN3O6S5+2. The largest absolute Gasteiger partial charge is 0.320 e. The number of nitrogens with one attached hydrogen (secondary N) is 1. The van der Waals surface area contributed by atoms with Crippen molar-refractivity contribution in [1.82, 2.24) is 9.21 Å². The second kappa shape index (κ2) is 9.59. The third kappa shape index (κ3) is 4.95. The van der Waals surface area contributed by atoms with E-state index >= 15 is 0 Å². The van der Waals surface area contributed by atoms with E-state index in [-0.39, 0.29) is 21.7 Å². The molecule has 16 heteroatoms. The molecule has 194 valence electrons. The van der Waals surface area contributed by atoms with Crippen molar-refractivity contribution >= 4 is 99.6 Å². The van der Waals surface area contributed by atoms with Gasteiger partial charge in [-0.2, -0.15) is 8.42 Å². The first-order chi connectivity index (χ1) is 16.8. The molecule has 0 bridgehead atoms. The van der Waals surface area contributed by atoms with E-state index in [0.717, 1.165) is 25.7 Å². The van der Waals surface area contributed by atoms with Crippen LogP contribution in [0.2, 0.25) is 5.02 Å². The second-order valence-corrected chi connectivity index (χ2v) is 17.3. The number of nitrogens with zero attached hydrogens (tertiary/aromatic N) is 2. The molecule has 36 heavy (non-hydrogen) atoms. The smallest absolute Gasteiger partial charge is 0.281 e. The summed E-state index contributed by atoms with van der Waals surface area (Å²) in [5.74, 6) is -0.659. The number of quaternary nitrogens is 1. The van der Waals surface area contributed by atoms with Gasteiger partial charge in [-0.1, -0.05) is 11.6 Å². The summed E-state index contributed by atoms with van der Waals surface area (Å²) in [5.41, 5.74) is 0.723. The van der Waals surface area contributed by atoms with Crippen molar-refractivity contribution in [3.05, 3.63) is 44.2 Å². The summed E-state index contributed by atoms with van der Waals surface area (Å²) in [5, 5.41) is 0.683. The lowest BCUT2D eigenvalue weighted by Crippen LogP contribution is -2.53. The second-order valence-electron chi connectivity index (χ2n) is 8.73. The summed E-state index contributed by atoms with van der Waals surface area (Å²) in [6.45, 7) is 0.281. The molecule has 4 heterocycles. The van der Waals surface area contributed by atoms with E-state index in [1.807, 2.05) is 27.5 Å². The highest BCUT2D eigenvalue weighted by Crippen LogP contribution is 2.57. The number of hydrogen-bond donors (Lipinski definition) is 2. The summed E-state index contributed by atoms with van der Waals surface area (Å²) in [6, 6.07) is 5.34. The van der Waals surface area contributed by atoms with E-state index in [1.54, 1.807) is 12.1 Å². The van der Waals surface area contributed by atoms with Crippen molar-refractivity contribution in [1.29, 1.82) is 0 Å². The molecule has 1 spiro atoms. The maximum absolute atomic E-state index is 12.6. The fourth-order valence-corrected chi connectivity index (χ4v) is 12.1. The standard InChI is InChI=1S/C20H19BrClN3O6S5/c1-35(27,28)23-16(26)10-24-17(32-14-8-15(21)34-20(14)24)9-18-25(6-2-3-19(25)36(29,30)31)12-7-11(22)4-5-13(12)33-18/h4-5,7-9,14,19-20H,2-3,6,10H2,1H3/p+2. The molecule has 4 unspecified atom stereocenters. The first kappa shape index (κ1) is 27.1. The molecule has 0 saturated carbocycles. The Balaban J connectivity index is 1.63. The average Bonchev–Trinajstić information content (AvgIpc) is 3.47. The molecule has 1 amide bonds. The molecule has 0 radical (unpaired) electrons. The highest BCUT2D eigenvalue weighted by Gasteiger charge is 2.59. The maximum Gasteiger partial charge on any atom is 0.320 e. The summed E-state index contributed by atoms with van der Waals surface area (Å²) in [6.07, 6.45) is 5.72. The van der Waals surface area contributed by atoms with Crippen LogP contribution in [0, 0.1) is 0 Å². The summed E-state index contributed by atoms with van der Waals surface area (Å²) < 4.78 is 63.2. The lowest BCUT2D eigenvalue weighted by atomic mass is 10.2. The molecule has 1 aromatic carbocycles. The fourth-order valence-electron chi connectivity index (χ4n) is 5.01. The van der Waals surface area contributed by atoms with Crippen LogP contribution in [-0.2, 0) is 24.9 Å². The Labute approximate surface area is 235 Å². The number of fused-ring (bicyclic) bond motifs is 3. The quantitative estimate of drug-likeness (QED) is 0.275.